The van der Waals surface area contributed by atoms with Crippen LogP contribution in [0.1, 0.15) is 13.8 Å². The molecule has 0 aliphatic rings. The maximum Gasteiger partial charge on any atom is 0.226 e. The molecule has 0 aromatic carbocycles. The second kappa shape index (κ2) is 3.68. The normalized spacial score (nSPS) is 14.8. The van der Waals surface area contributed by atoms with Crippen molar-refractivity contribution in [1.82, 2.24) is 5.43 Å². The summed E-state index contributed by atoms with van der Waals surface area (Å²) in [6.07, 6.45) is 0.432. The number of aliphatic hydroxyl groups excluding tert-OH is 1. The van der Waals surface area contributed by atoms with E-state index in [9.17, 15) is 0 Å². The number of nitrogens with one attached hydrogen (secondary N) is 1. The number of hydrazine groups is 1. The first-order valence-corrected chi connectivity index (χ1v) is 2.97. The lowest BCUT2D eigenvalue weighted by atomic mass is 10.1. The number of rotatable bonds is 4. The topological polar surface area (TPSA) is 67.5 Å². The largest absolute Gasteiger partial charge is 0.355 e. The molecule has 10 heavy (non-hydrogen) atoms. The molecule has 0 fully saturated rings. The molecule has 0 saturated carbocycles. The lowest BCUT2D eigenvalue weighted by Crippen LogP contribution is -2.42. The number of nitrogens with two attached hydrogens (primary N) is 1. The summed E-state index contributed by atoms with van der Waals surface area (Å²) < 4.78 is 4.94. The first-order valence-electron chi connectivity index (χ1n) is 2.97. The lowest BCUT2D eigenvalue weighted by molar-refractivity contribution is -0.171. The van der Waals surface area contributed by atoms with Crippen LogP contribution >= 0.6 is 0 Å². The van der Waals surface area contributed by atoms with Crippen LogP contribution in [0.15, 0.2) is 12.7 Å². The minimum atomic E-state index is -1.15. The molecule has 0 radical (unpaired) electrons. The van der Waals surface area contributed by atoms with E-state index in [2.05, 4.69) is 6.58 Å². The Balaban J connectivity index is 3.75. The van der Waals surface area contributed by atoms with Gasteiger partial charge < -0.3 is 9.84 Å². The van der Waals surface area contributed by atoms with Gasteiger partial charge in [0.2, 0.25) is 6.41 Å². The summed E-state index contributed by atoms with van der Waals surface area (Å²) in [5.74, 6) is 4.87. The van der Waals surface area contributed by atoms with Gasteiger partial charge in [-0.1, -0.05) is 6.08 Å². The van der Waals surface area contributed by atoms with E-state index in [1.165, 1.54) is 0 Å². The zero-order chi connectivity index (χ0) is 8.20. The van der Waals surface area contributed by atoms with Crippen molar-refractivity contribution in [1.29, 1.82) is 0 Å². The molecule has 4 N–H and O–H groups in total. The monoisotopic (exact) mass is 146 g/mol. The van der Waals surface area contributed by atoms with Gasteiger partial charge in [-0.3, -0.25) is 5.84 Å². The van der Waals surface area contributed by atoms with Gasteiger partial charge in [-0.25, -0.2) is 5.43 Å². The van der Waals surface area contributed by atoms with Crippen LogP contribution in [0.3, 0.4) is 0 Å². The molecule has 0 aliphatic heterocycles. The van der Waals surface area contributed by atoms with Gasteiger partial charge >= 0.3 is 0 Å². The van der Waals surface area contributed by atoms with E-state index in [0.29, 0.717) is 0 Å². The Morgan fingerprint density at radius 2 is 2.30 bits per heavy atom. The molecular formula is C6H14N2O2. The average molecular weight is 146 g/mol. The Hall–Kier alpha value is -0.420. The summed E-state index contributed by atoms with van der Waals surface area (Å²) in [5, 5.41) is 8.82. The van der Waals surface area contributed by atoms with Crippen LogP contribution in [0, 0.1) is 0 Å². The van der Waals surface area contributed by atoms with Gasteiger partial charge in [0.05, 0.1) is 5.60 Å². The third kappa shape index (κ3) is 3.58. The van der Waals surface area contributed by atoms with Crippen molar-refractivity contribution in [3.8, 4) is 0 Å². The highest BCUT2D eigenvalue weighted by Crippen LogP contribution is 2.10. The van der Waals surface area contributed by atoms with Gasteiger partial charge in [0.15, 0.2) is 0 Å². The Morgan fingerprint density at radius 3 is 2.60 bits per heavy atom. The van der Waals surface area contributed by atoms with Crippen molar-refractivity contribution >= 4 is 0 Å². The number of hydrogen-bond donors (Lipinski definition) is 3. The number of hydrogen-bond acceptors (Lipinski definition) is 4. The molecule has 1 atom stereocenters. The van der Waals surface area contributed by atoms with E-state index in [-0.39, 0.29) is 0 Å². The smallest absolute Gasteiger partial charge is 0.226 e. The minimum Gasteiger partial charge on any atom is -0.355 e. The standard InChI is InChI=1S/C6H14N2O2/c1-4-6(2,3)10-5(9)8-7/h4-5,8-9H,1,7H2,2-3H3. The third-order valence-electron chi connectivity index (χ3n) is 1.05. The molecule has 0 saturated heterocycles. The number of ether oxygens (including phenoxy) is 1. The molecule has 0 aromatic heterocycles. The summed E-state index contributed by atoms with van der Waals surface area (Å²) in [4.78, 5) is 0. The molecule has 0 rings (SSSR count). The lowest BCUT2D eigenvalue weighted by Gasteiger charge is -2.23. The van der Waals surface area contributed by atoms with Gasteiger partial charge in [-0.15, -0.1) is 6.58 Å². The maximum absolute atomic E-state index is 8.82. The van der Waals surface area contributed by atoms with Crippen LogP contribution in [0.25, 0.3) is 0 Å². The van der Waals surface area contributed by atoms with Crippen molar-refractivity contribution in [2.45, 2.75) is 25.9 Å². The molecule has 0 bridgehead atoms. The summed E-state index contributed by atoms with van der Waals surface area (Å²) in [6.45, 7) is 7.04. The summed E-state index contributed by atoms with van der Waals surface area (Å²) in [5.41, 5.74) is 1.48. The third-order valence-corrected chi connectivity index (χ3v) is 1.05. The fourth-order valence-corrected chi connectivity index (χ4v) is 0.370. The molecule has 0 amide bonds. The summed E-state index contributed by atoms with van der Waals surface area (Å²) in [6, 6.07) is 0. The first-order chi connectivity index (χ1) is 4.52. The Labute approximate surface area is 60.6 Å². The van der Waals surface area contributed by atoms with Gasteiger partial charge in [0, 0.05) is 0 Å². The molecule has 4 nitrogen and oxygen atoms in total. The fraction of sp³-hybridized carbons (Fsp3) is 0.667. The van der Waals surface area contributed by atoms with Crippen LogP contribution < -0.4 is 11.3 Å². The van der Waals surface area contributed by atoms with Crippen molar-refractivity contribution in [2.24, 2.45) is 5.84 Å². The van der Waals surface area contributed by atoms with Crippen molar-refractivity contribution in [3.05, 3.63) is 12.7 Å². The predicted octanol–water partition coefficient (Wildman–Crippen LogP) is -0.293. The van der Waals surface area contributed by atoms with Crippen LogP contribution in [0.2, 0.25) is 0 Å². The molecule has 0 aromatic rings. The molecular weight excluding hydrogens is 132 g/mol. The van der Waals surface area contributed by atoms with E-state index in [0.717, 1.165) is 0 Å². The Kier molecular flexibility index (Phi) is 3.52. The second-order valence-electron chi connectivity index (χ2n) is 2.44. The highest BCUT2D eigenvalue weighted by molar-refractivity contribution is 4.89. The Morgan fingerprint density at radius 1 is 1.80 bits per heavy atom. The predicted molar refractivity (Wildman–Crippen MR) is 38.7 cm³/mol. The van der Waals surface area contributed by atoms with E-state index < -0.39 is 12.0 Å². The van der Waals surface area contributed by atoms with E-state index >= 15 is 0 Å². The maximum atomic E-state index is 8.82. The van der Waals surface area contributed by atoms with Crippen LogP contribution in [0.4, 0.5) is 0 Å². The fourth-order valence-electron chi connectivity index (χ4n) is 0.370. The van der Waals surface area contributed by atoms with Gasteiger partial charge in [-0.2, -0.15) is 0 Å². The van der Waals surface area contributed by atoms with Crippen molar-refractivity contribution < 1.29 is 9.84 Å². The van der Waals surface area contributed by atoms with Gasteiger partial charge in [0.1, 0.15) is 0 Å². The molecule has 0 spiro atoms. The zero-order valence-electron chi connectivity index (χ0n) is 6.29. The van der Waals surface area contributed by atoms with Crippen LogP contribution in [0.5, 0.6) is 0 Å². The van der Waals surface area contributed by atoms with E-state index in [1.807, 2.05) is 5.43 Å². The second-order valence-corrected chi connectivity index (χ2v) is 2.44. The highest BCUT2D eigenvalue weighted by Gasteiger charge is 2.16. The quantitative estimate of drug-likeness (QED) is 0.220. The SMILES string of the molecule is C=CC(C)(C)OC(O)NN. The molecule has 1 unspecified atom stereocenters. The van der Waals surface area contributed by atoms with Crippen LogP contribution in [-0.2, 0) is 4.74 Å². The first kappa shape index (κ1) is 9.58. The zero-order valence-corrected chi connectivity index (χ0v) is 6.29. The van der Waals surface area contributed by atoms with Crippen molar-refractivity contribution in [3.63, 3.8) is 0 Å². The molecule has 60 valence electrons. The highest BCUT2D eigenvalue weighted by atomic mass is 16.6. The van der Waals surface area contributed by atoms with Gasteiger partial charge in [0.25, 0.3) is 0 Å². The Bertz CT molecular complexity index is 114. The number of aliphatic hydroxyl groups is 1. The minimum absolute atomic E-state index is 0.564. The summed E-state index contributed by atoms with van der Waals surface area (Å²) in [7, 11) is 0. The average Bonchev–Trinajstić information content (AvgIpc) is 1.87. The van der Waals surface area contributed by atoms with Crippen molar-refractivity contribution in [2.75, 3.05) is 0 Å². The molecule has 4 heteroatoms. The van der Waals surface area contributed by atoms with E-state index in [4.69, 9.17) is 15.7 Å². The molecule has 0 heterocycles. The summed E-state index contributed by atoms with van der Waals surface area (Å²) >= 11 is 0. The van der Waals surface area contributed by atoms with E-state index in [1.54, 1.807) is 19.9 Å². The molecule has 0 aliphatic carbocycles. The van der Waals surface area contributed by atoms with Gasteiger partial charge in [-0.05, 0) is 13.8 Å². The van der Waals surface area contributed by atoms with Crippen LogP contribution in [-0.4, -0.2) is 17.1 Å².